The van der Waals surface area contributed by atoms with Crippen LogP contribution in [0.15, 0.2) is 94.6 Å². The molecule has 0 radical (unpaired) electrons. The zero-order valence-corrected chi connectivity index (χ0v) is 18.0. The normalized spacial score (nSPS) is 15.1. The van der Waals surface area contributed by atoms with E-state index in [0.717, 1.165) is 28.3 Å². The predicted octanol–water partition coefficient (Wildman–Crippen LogP) is 5.61. The molecule has 0 spiro atoms. The minimum Gasteiger partial charge on any atom is -0.467 e. The van der Waals surface area contributed by atoms with E-state index in [4.69, 9.17) is 4.42 Å². The first-order valence-corrected chi connectivity index (χ1v) is 11.4. The van der Waals surface area contributed by atoms with Crippen molar-refractivity contribution in [3.63, 3.8) is 0 Å². The number of rotatable bonds is 4. The molecule has 5 nitrogen and oxygen atoms in total. The lowest BCUT2D eigenvalue weighted by molar-refractivity contribution is 0.179. The summed E-state index contributed by atoms with van der Waals surface area (Å²) in [5, 5.41) is 3.04. The van der Waals surface area contributed by atoms with Crippen LogP contribution in [0.5, 0.6) is 0 Å². The van der Waals surface area contributed by atoms with Gasteiger partial charge in [0.25, 0.3) is 0 Å². The predicted molar refractivity (Wildman–Crippen MR) is 122 cm³/mol. The fourth-order valence-electron chi connectivity index (χ4n) is 4.15. The van der Waals surface area contributed by atoms with E-state index in [1.165, 1.54) is 4.90 Å². The number of carbonyl (C=O) groups excluding carboxylic acids is 1. The molecular formula is C25H23N3O2S. The number of fused-ring (bicyclic) bond motifs is 3. The summed E-state index contributed by atoms with van der Waals surface area (Å²) in [6, 6.07) is 24.2. The number of amides is 2. The van der Waals surface area contributed by atoms with Crippen LogP contribution in [-0.4, -0.2) is 21.8 Å². The minimum absolute atomic E-state index is 0.125. The molecule has 1 N–H and O–H groups in total. The zero-order valence-electron chi connectivity index (χ0n) is 17.2. The van der Waals surface area contributed by atoms with E-state index >= 15 is 0 Å². The third-order valence-corrected chi connectivity index (χ3v) is 6.39. The van der Waals surface area contributed by atoms with Crippen molar-refractivity contribution in [1.82, 2.24) is 14.8 Å². The fourth-order valence-corrected chi connectivity index (χ4v) is 4.56. The van der Waals surface area contributed by atoms with Crippen molar-refractivity contribution in [2.45, 2.75) is 24.0 Å². The highest BCUT2D eigenvalue weighted by Gasteiger charge is 2.32. The topological polar surface area (TPSA) is 50.4 Å². The molecule has 6 heteroatoms. The quantitative estimate of drug-likeness (QED) is 0.429. The summed E-state index contributed by atoms with van der Waals surface area (Å²) >= 11 is 1.71. The van der Waals surface area contributed by atoms with Crippen molar-refractivity contribution in [2.75, 3.05) is 6.26 Å². The van der Waals surface area contributed by atoms with Gasteiger partial charge in [-0.2, -0.15) is 0 Å². The van der Waals surface area contributed by atoms with Gasteiger partial charge >= 0.3 is 6.03 Å². The Kier molecular flexibility index (Phi) is 5.30. The molecule has 0 bridgehead atoms. The van der Waals surface area contributed by atoms with Crippen LogP contribution in [0.2, 0.25) is 0 Å². The van der Waals surface area contributed by atoms with Crippen LogP contribution in [0.3, 0.4) is 0 Å². The molecule has 2 aromatic heterocycles. The maximum atomic E-state index is 13.5. The van der Waals surface area contributed by atoms with Crippen LogP contribution in [0.4, 0.5) is 4.79 Å². The van der Waals surface area contributed by atoms with Gasteiger partial charge in [-0.3, -0.25) is 0 Å². The highest BCUT2D eigenvalue weighted by atomic mass is 32.2. The Balaban J connectivity index is 1.57. The van der Waals surface area contributed by atoms with Crippen LogP contribution in [0.25, 0.3) is 5.69 Å². The van der Waals surface area contributed by atoms with Gasteiger partial charge < -0.3 is 19.2 Å². The van der Waals surface area contributed by atoms with Gasteiger partial charge in [0.05, 0.1) is 31.1 Å². The number of furan rings is 1. The van der Waals surface area contributed by atoms with Gasteiger partial charge in [-0.05, 0) is 59.8 Å². The number of para-hydroxylation sites is 1. The van der Waals surface area contributed by atoms with E-state index in [0.29, 0.717) is 13.1 Å². The first-order valence-electron chi connectivity index (χ1n) is 10.2. The van der Waals surface area contributed by atoms with Crippen LogP contribution < -0.4 is 5.32 Å². The number of hydrogen-bond acceptors (Lipinski definition) is 3. The maximum Gasteiger partial charge on any atom is 0.318 e. The molecule has 31 heavy (non-hydrogen) atoms. The standard InChI is InChI=1S/C25H23N3O2S/c1-31-21-12-10-18(11-13-21)24-23-9-4-14-27(23)22-8-3-2-6-19(22)17-28(24)25(29)26-16-20-7-5-15-30-20/h2-15,24H,16-17H2,1H3,(H,26,29)/t24-/m0/s1. The van der Waals surface area contributed by atoms with Crippen LogP contribution in [-0.2, 0) is 13.1 Å². The third kappa shape index (κ3) is 3.75. The zero-order chi connectivity index (χ0) is 21.2. The van der Waals surface area contributed by atoms with Crippen LogP contribution in [0.1, 0.15) is 28.6 Å². The molecule has 0 saturated heterocycles. The molecular weight excluding hydrogens is 406 g/mol. The molecule has 0 fully saturated rings. The van der Waals surface area contributed by atoms with Gasteiger partial charge in [0, 0.05) is 16.8 Å². The highest BCUT2D eigenvalue weighted by Crippen LogP contribution is 2.37. The van der Waals surface area contributed by atoms with Crippen LogP contribution >= 0.6 is 11.8 Å². The molecule has 1 aliphatic rings. The number of thioether (sulfide) groups is 1. The number of hydrogen-bond donors (Lipinski definition) is 1. The third-order valence-electron chi connectivity index (χ3n) is 5.65. The van der Waals surface area contributed by atoms with Gasteiger partial charge in [0.1, 0.15) is 5.76 Å². The van der Waals surface area contributed by atoms with Gasteiger partial charge in [-0.15, -0.1) is 11.8 Å². The molecule has 5 rings (SSSR count). The fraction of sp³-hybridized carbons (Fsp3) is 0.160. The second kappa shape index (κ2) is 8.40. The van der Waals surface area contributed by atoms with Gasteiger partial charge in [-0.25, -0.2) is 4.79 Å². The summed E-state index contributed by atoms with van der Waals surface area (Å²) in [5.41, 5.74) is 4.36. The SMILES string of the molecule is CSc1ccc([C@H]2c3cccn3-c3ccccc3CN2C(=O)NCc2ccco2)cc1. The number of benzene rings is 2. The largest absolute Gasteiger partial charge is 0.467 e. The second-order valence-electron chi connectivity index (χ2n) is 7.47. The number of carbonyl (C=O) groups is 1. The maximum absolute atomic E-state index is 13.5. The Morgan fingerprint density at radius 1 is 1.06 bits per heavy atom. The van der Waals surface area contributed by atoms with Gasteiger partial charge in [0.2, 0.25) is 0 Å². The van der Waals surface area contributed by atoms with Crippen molar-refractivity contribution < 1.29 is 9.21 Å². The summed E-state index contributed by atoms with van der Waals surface area (Å²) in [5.74, 6) is 0.729. The van der Waals surface area contributed by atoms with Crippen molar-refractivity contribution in [2.24, 2.45) is 0 Å². The van der Waals surface area contributed by atoms with E-state index in [1.807, 2.05) is 35.2 Å². The Morgan fingerprint density at radius 3 is 2.68 bits per heavy atom. The van der Waals surface area contributed by atoms with Gasteiger partial charge in [0.15, 0.2) is 0 Å². The lowest BCUT2D eigenvalue weighted by Gasteiger charge is -2.31. The summed E-state index contributed by atoms with van der Waals surface area (Å²) < 4.78 is 7.59. The summed E-state index contributed by atoms with van der Waals surface area (Å²) in [6.45, 7) is 0.861. The molecule has 3 heterocycles. The summed E-state index contributed by atoms with van der Waals surface area (Å²) in [6.07, 6.45) is 5.76. The van der Waals surface area contributed by atoms with Crippen molar-refractivity contribution in [3.05, 3.63) is 108 Å². The first kappa shape index (κ1) is 19.6. The van der Waals surface area contributed by atoms with E-state index in [9.17, 15) is 4.79 Å². The lowest BCUT2D eigenvalue weighted by Crippen LogP contribution is -2.41. The summed E-state index contributed by atoms with van der Waals surface area (Å²) in [4.78, 5) is 16.6. The Morgan fingerprint density at radius 2 is 1.90 bits per heavy atom. The Labute approximate surface area is 185 Å². The van der Waals surface area contributed by atoms with E-state index in [1.54, 1.807) is 18.0 Å². The number of urea groups is 1. The Hall–Kier alpha value is -3.38. The van der Waals surface area contributed by atoms with Crippen molar-refractivity contribution >= 4 is 17.8 Å². The molecule has 0 saturated carbocycles. The molecule has 1 atom stereocenters. The van der Waals surface area contributed by atoms with Gasteiger partial charge in [-0.1, -0.05) is 30.3 Å². The second-order valence-corrected chi connectivity index (χ2v) is 8.35. The Bertz CT molecular complexity index is 1180. The summed E-state index contributed by atoms with van der Waals surface area (Å²) in [7, 11) is 0. The van der Waals surface area contributed by atoms with Crippen molar-refractivity contribution in [1.29, 1.82) is 0 Å². The lowest BCUT2D eigenvalue weighted by atomic mass is 10.0. The van der Waals surface area contributed by atoms with E-state index < -0.39 is 0 Å². The molecule has 0 aliphatic carbocycles. The molecule has 1 aliphatic heterocycles. The first-order chi connectivity index (χ1) is 15.2. The van der Waals surface area contributed by atoms with E-state index in [2.05, 4.69) is 64.8 Å². The monoisotopic (exact) mass is 429 g/mol. The smallest absolute Gasteiger partial charge is 0.318 e. The molecule has 2 aromatic carbocycles. The molecule has 0 unspecified atom stereocenters. The average Bonchev–Trinajstić information content (AvgIpc) is 3.48. The molecule has 2 amide bonds. The van der Waals surface area contributed by atoms with Crippen molar-refractivity contribution in [3.8, 4) is 5.69 Å². The molecule has 4 aromatic rings. The number of aromatic nitrogens is 1. The molecule has 156 valence electrons. The van der Waals surface area contributed by atoms with E-state index in [-0.39, 0.29) is 12.1 Å². The number of nitrogens with one attached hydrogen (secondary N) is 1. The average molecular weight is 430 g/mol. The van der Waals surface area contributed by atoms with Crippen LogP contribution in [0, 0.1) is 0 Å². The number of nitrogens with zero attached hydrogens (tertiary/aromatic N) is 2. The highest BCUT2D eigenvalue weighted by molar-refractivity contribution is 7.98. The minimum atomic E-state index is -0.213.